The SMILES string of the molecule is Cc1ccc(NCC2(C)CCCCC2)nn1. The van der Waals surface area contributed by atoms with Gasteiger partial charge in [-0.15, -0.1) is 5.10 Å². The van der Waals surface area contributed by atoms with E-state index < -0.39 is 0 Å². The van der Waals surface area contributed by atoms with Gasteiger partial charge < -0.3 is 5.32 Å². The molecular weight excluding hydrogens is 198 g/mol. The van der Waals surface area contributed by atoms with Gasteiger partial charge in [-0.3, -0.25) is 0 Å². The van der Waals surface area contributed by atoms with Crippen molar-refractivity contribution in [3.05, 3.63) is 17.8 Å². The molecular formula is C13H21N3. The highest BCUT2D eigenvalue weighted by Crippen LogP contribution is 2.35. The lowest BCUT2D eigenvalue weighted by Gasteiger charge is -2.33. The zero-order chi connectivity index (χ0) is 11.4. The molecule has 0 radical (unpaired) electrons. The summed E-state index contributed by atoms with van der Waals surface area (Å²) in [6.07, 6.45) is 6.81. The van der Waals surface area contributed by atoms with Gasteiger partial charge in [-0.05, 0) is 37.3 Å². The van der Waals surface area contributed by atoms with E-state index in [9.17, 15) is 0 Å². The van der Waals surface area contributed by atoms with E-state index >= 15 is 0 Å². The van der Waals surface area contributed by atoms with E-state index in [1.165, 1.54) is 32.1 Å². The third kappa shape index (κ3) is 2.94. The van der Waals surface area contributed by atoms with E-state index in [2.05, 4.69) is 22.4 Å². The minimum atomic E-state index is 0.449. The lowest BCUT2D eigenvalue weighted by molar-refractivity contribution is 0.233. The Bertz CT molecular complexity index is 326. The molecule has 1 aliphatic carbocycles. The van der Waals surface area contributed by atoms with E-state index in [0.717, 1.165) is 18.1 Å². The molecule has 1 aromatic rings. The van der Waals surface area contributed by atoms with Crippen molar-refractivity contribution in [2.45, 2.75) is 46.0 Å². The average molecular weight is 219 g/mol. The fourth-order valence-electron chi connectivity index (χ4n) is 2.38. The first-order valence-corrected chi connectivity index (χ1v) is 6.22. The van der Waals surface area contributed by atoms with Crippen LogP contribution in [-0.2, 0) is 0 Å². The molecule has 0 bridgehead atoms. The van der Waals surface area contributed by atoms with E-state index in [1.54, 1.807) is 0 Å². The second-order valence-corrected chi connectivity index (χ2v) is 5.28. The summed E-state index contributed by atoms with van der Waals surface area (Å²) < 4.78 is 0. The smallest absolute Gasteiger partial charge is 0.148 e. The van der Waals surface area contributed by atoms with Gasteiger partial charge in [0.25, 0.3) is 0 Å². The van der Waals surface area contributed by atoms with Crippen LogP contribution in [0.15, 0.2) is 12.1 Å². The van der Waals surface area contributed by atoms with Crippen molar-refractivity contribution in [2.75, 3.05) is 11.9 Å². The fourth-order valence-corrected chi connectivity index (χ4v) is 2.38. The molecule has 0 spiro atoms. The highest BCUT2D eigenvalue weighted by Gasteiger charge is 2.26. The van der Waals surface area contributed by atoms with Gasteiger partial charge in [-0.25, -0.2) is 0 Å². The van der Waals surface area contributed by atoms with Gasteiger partial charge in [0.05, 0.1) is 5.69 Å². The summed E-state index contributed by atoms with van der Waals surface area (Å²) in [5.41, 5.74) is 1.42. The van der Waals surface area contributed by atoms with Gasteiger partial charge >= 0.3 is 0 Å². The largest absolute Gasteiger partial charge is 0.368 e. The molecule has 1 heterocycles. The third-order valence-corrected chi connectivity index (χ3v) is 3.55. The van der Waals surface area contributed by atoms with Gasteiger partial charge in [-0.1, -0.05) is 26.2 Å². The van der Waals surface area contributed by atoms with Gasteiger partial charge in [0.1, 0.15) is 5.82 Å². The summed E-state index contributed by atoms with van der Waals surface area (Å²) >= 11 is 0. The monoisotopic (exact) mass is 219 g/mol. The Hall–Kier alpha value is -1.12. The van der Waals surface area contributed by atoms with Gasteiger partial charge in [-0.2, -0.15) is 5.10 Å². The van der Waals surface area contributed by atoms with Crippen molar-refractivity contribution in [1.29, 1.82) is 0 Å². The van der Waals surface area contributed by atoms with E-state index in [1.807, 2.05) is 19.1 Å². The van der Waals surface area contributed by atoms with Crippen molar-refractivity contribution >= 4 is 5.82 Å². The second-order valence-electron chi connectivity index (χ2n) is 5.28. The van der Waals surface area contributed by atoms with Crippen LogP contribution in [0.2, 0.25) is 0 Å². The van der Waals surface area contributed by atoms with Gasteiger partial charge in [0.15, 0.2) is 0 Å². The average Bonchev–Trinajstić information content (AvgIpc) is 2.29. The standard InChI is InChI=1S/C13H21N3/c1-11-6-7-12(16-15-11)14-10-13(2)8-4-3-5-9-13/h6-7H,3-5,8-10H2,1-2H3,(H,14,16). The predicted molar refractivity (Wildman–Crippen MR) is 66.5 cm³/mol. The number of nitrogens with one attached hydrogen (secondary N) is 1. The molecule has 1 aromatic heterocycles. The number of rotatable bonds is 3. The fraction of sp³-hybridized carbons (Fsp3) is 0.692. The number of anilines is 1. The lowest BCUT2D eigenvalue weighted by Crippen LogP contribution is -2.29. The van der Waals surface area contributed by atoms with Crippen molar-refractivity contribution in [2.24, 2.45) is 5.41 Å². The Labute approximate surface area is 97.7 Å². The third-order valence-electron chi connectivity index (χ3n) is 3.55. The summed E-state index contributed by atoms with van der Waals surface area (Å²) in [6, 6.07) is 4.01. The normalized spacial score (nSPS) is 19.4. The molecule has 0 saturated heterocycles. The first-order chi connectivity index (χ1) is 7.68. The topological polar surface area (TPSA) is 37.8 Å². The van der Waals surface area contributed by atoms with Crippen LogP contribution in [0.4, 0.5) is 5.82 Å². The van der Waals surface area contributed by atoms with Gasteiger partial charge in [0.2, 0.25) is 0 Å². The zero-order valence-corrected chi connectivity index (χ0v) is 10.3. The molecule has 3 nitrogen and oxygen atoms in total. The first-order valence-electron chi connectivity index (χ1n) is 6.22. The zero-order valence-electron chi connectivity index (χ0n) is 10.3. The molecule has 3 heteroatoms. The molecule has 88 valence electrons. The molecule has 1 aliphatic rings. The lowest BCUT2D eigenvalue weighted by atomic mass is 9.76. The summed E-state index contributed by atoms with van der Waals surface area (Å²) in [5.74, 6) is 0.900. The van der Waals surface area contributed by atoms with Crippen molar-refractivity contribution in [3.63, 3.8) is 0 Å². The van der Waals surface area contributed by atoms with Crippen LogP contribution in [0, 0.1) is 12.3 Å². The summed E-state index contributed by atoms with van der Waals surface area (Å²) in [7, 11) is 0. The van der Waals surface area contributed by atoms with Crippen LogP contribution in [0.5, 0.6) is 0 Å². The maximum absolute atomic E-state index is 4.13. The molecule has 16 heavy (non-hydrogen) atoms. The summed E-state index contributed by atoms with van der Waals surface area (Å²) in [5, 5.41) is 11.6. The van der Waals surface area contributed by atoms with E-state index in [4.69, 9.17) is 0 Å². The van der Waals surface area contributed by atoms with Crippen molar-refractivity contribution in [1.82, 2.24) is 10.2 Å². The molecule has 0 aliphatic heterocycles. The van der Waals surface area contributed by atoms with E-state index in [-0.39, 0.29) is 0 Å². The molecule has 1 N–H and O–H groups in total. The van der Waals surface area contributed by atoms with Crippen LogP contribution >= 0.6 is 0 Å². The second kappa shape index (κ2) is 4.81. The van der Waals surface area contributed by atoms with Crippen LogP contribution in [0.1, 0.15) is 44.7 Å². The molecule has 2 rings (SSSR count). The minimum absolute atomic E-state index is 0.449. The molecule has 0 unspecified atom stereocenters. The minimum Gasteiger partial charge on any atom is -0.368 e. The highest BCUT2D eigenvalue weighted by molar-refractivity contribution is 5.33. The molecule has 0 atom stereocenters. The predicted octanol–water partition coefficient (Wildman–Crippen LogP) is 3.17. The van der Waals surface area contributed by atoms with Crippen LogP contribution in [0.25, 0.3) is 0 Å². The van der Waals surface area contributed by atoms with Crippen molar-refractivity contribution < 1.29 is 0 Å². The first kappa shape index (κ1) is 11.4. The number of aryl methyl sites for hydroxylation is 1. The van der Waals surface area contributed by atoms with Crippen LogP contribution in [-0.4, -0.2) is 16.7 Å². The van der Waals surface area contributed by atoms with Gasteiger partial charge in [0, 0.05) is 6.54 Å². The summed E-state index contributed by atoms with van der Waals surface area (Å²) in [4.78, 5) is 0. The summed E-state index contributed by atoms with van der Waals surface area (Å²) in [6.45, 7) is 5.35. The Morgan fingerprint density at radius 1 is 1.19 bits per heavy atom. The molecule has 1 saturated carbocycles. The van der Waals surface area contributed by atoms with E-state index in [0.29, 0.717) is 5.41 Å². The van der Waals surface area contributed by atoms with Crippen LogP contribution < -0.4 is 5.32 Å². The highest BCUT2D eigenvalue weighted by atomic mass is 15.2. The number of hydrogen-bond acceptors (Lipinski definition) is 3. The Morgan fingerprint density at radius 2 is 1.94 bits per heavy atom. The van der Waals surface area contributed by atoms with Crippen LogP contribution in [0.3, 0.4) is 0 Å². The Kier molecular flexibility index (Phi) is 3.42. The van der Waals surface area contributed by atoms with Crippen molar-refractivity contribution in [3.8, 4) is 0 Å². The molecule has 0 amide bonds. The Balaban J connectivity index is 1.88. The maximum atomic E-state index is 4.13. The number of aromatic nitrogens is 2. The Morgan fingerprint density at radius 3 is 2.56 bits per heavy atom. The molecule has 1 fully saturated rings. The number of hydrogen-bond donors (Lipinski definition) is 1. The molecule has 0 aromatic carbocycles. The quantitative estimate of drug-likeness (QED) is 0.848. The maximum Gasteiger partial charge on any atom is 0.148 e. The number of nitrogens with zero attached hydrogens (tertiary/aromatic N) is 2.